The number of rotatable bonds is 3. The minimum atomic E-state index is -1.28. The molecule has 0 radical (unpaired) electrons. The summed E-state index contributed by atoms with van der Waals surface area (Å²) in [5.41, 5.74) is -0.659. The van der Waals surface area contributed by atoms with E-state index < -0.39 is 17.5 Å². The summed E-state index contributed by atoms with van der Waals surface area (Å²) in [4.78, 5) is 22.4. The van der Waals surface area contributed by atoms with Crippen molar-refractivity contribution in [3.63, 3.8) is 0 Å². The Labute approximate surface area is 117 Å². The van der Waals surface area contributed by atoms with E-state index in [1.54, 1.807) is 0 Å². The quantitative estimate of drug-likeness (QED) is 0.658. The first-order chi connectivity index (χ1) is 9.40. The molecule has 0 spiro atoms. The van der Waals surface area contributed by atoms with Gasteiger partial charge in [-0.1, -0.05) is 0 Å². The largest absolute Gasteiger partial charge is 0.480 e. The lowest BCUT2D eigenvalue weighted by Crippen LogP contribution is -2.52. The van der Waals surface area contributed by atoms with Gasteiger partial charge in [-0.2, -0.15) is 0 Å². The zero-order valence-electron chi connectivity index (χ0n) is 11.4. The van der Waals surface area contributed by atoms with Crippen LogP contribution in [0.15, 0.2) is 23.4 Å². The Morgan fingerprint density at radius 2 is 2.00 bits per heavy atom. The van der Waals surface area contributed by atoms with Crippen LogP contribution in [0.2, 0.25) is 0 Å². The van der Waals surface area contributed by atoms with Crippen LogP contribution in [0, 0.1) is 0 Å². The molecule has 6 heteroatoms. The monoisotopic (exact) mass is 279 g/mol. The smallest absolute Gasteiger partial charge is 0.351 e. The number of hydrogen-bond donors (Lipinski definition) is 3. The van der Waals surface area contributed by atoms with Gasteiger partial charge in [0.15, 0.2) is 6.21 Å². The standard InChI is InChI=1S/C14H18N2O4/c1-14(13(19)20)9-10(8-11(15-14)12(17)18)4-7-16-5-2-3-6-16/h4,7-8H,2-3,5-6,9H2,1H3,(H2,17,18,19,20)/p+1/t14-/m0/s1. The summed E-state index contributed by atoms with van der Waals surface area (Å²) < 4.78 is 2.15. The fourth-order valence-corrected chi connectivity index (χ4v) is 2.47. The first-order valence-electron chi connectivity index (χ1n) is 6.65. The molecule has 0 aliphatic carbocycles. The molecule has 0 aromatic carbocycles. The van der Waals surface area contributed by atoms with Gasteiger partial charge in [0.05, 0.1) is 0 Å². The molecular formula is C14H19N2O4+. The minimum Gasteiger partial charge on any atom is -0.480 e. The maximum Gasteiger partial charge on any atom is 0.351 e. The lowest BCUT2D eigenvalue weighted by molar-refractivity contribution is -0.500. The highest BCUT2D eigenvalue weighted by Gasteiger charge is 2.38. The molecule has 1 saturated heterocycles. The zero-order valence-corrected chi connectivity index (χ0v) is 11.4. The van der Waals surface area contributed by atoms with Gasteiger partial charge in [-0.05, 0) is 18.6 Å². The summed E-state index contributed by atoms with van der Waals surface area (Å²) in [5.74, 6) is -2.21. The molecule has 2 rings (SSSR count). The Hall–Kier alpha value is -2.11. The molecule has 2 aliphatic rings. The first kappa shape index (κ1) is 14.3. The van der Waals surface area contributed by atoms with Gasteiger partial charge >= 0.3 is 11.9 Å². The van der Waals surface area contributed by atoms with Crippen LogP contribution in [0.3, 0.4) is 0 Å². The van der Waals surface area contributed by atoms with E-state index in [9.17, 15) is 14.7 Å². The molecule has 2 heterocycles. The molecule has 0 saturated carbocycles. The summed E-state index contributed by atoms with van der Waals surface area (Å²) in [7, 11) is 0. The highest BCUT2D eigenvalue weighted by molar-refractivity contribution is 5.90. The average Bonchev–Trinajstić information content (AvgIpc) is 2.88. The lowest BCUT2D eigenvalue weighted by Gasteiger charge is -2.31. The number of carboxylic acids is 2. The summed E-state index contributed by atoms with van der Waals surface area (Å²) in [5, 5.41) is 20.9. The SMILES string of the molecule is C[C@@]1(C(=O)O)CC(=CC=[N+]2CCCC2)C=C(C(=O)O)N1. The van der Waals surface area contributed by atoms with Crippen molar-refractivity contribution in [3.8, 4) is 0 Å². The minimum absolute atomic E-state index is 0.0813. The number of nitrogens with zero attached hydrogens (tertiary/aromatic N) is 1. The number of carboxylic acid groups (broad SMARTS) is 2. The van der Waals surface area contributed by atoms with E-state index in [2.05, 4.69) is 9.89 Å². The van der Waals surface area contributed by atoms with Gasteiger partial charge in [-0.25, -0.2) is 14.2 Å². The topological polar surface area (TPSA) is 89.6 Å². The van der Waals surface area contributed by atoms with E-state index in [0.717, 1.165) is 25.9 Å². The Morgan fingerprint density at radius 1 is 1.35 bits per heavy atom. The second-order valence-corrected chi connectivity index (χ2v) is 5.44. The fraction of sp³-hybridized carbons (Fsp3) is 0.500. The van der Waals surface area contributed by atoms with Crippen LogP contribution in [-0.2, 0) is 9.59 Å². The molecule has 20 heavy (non-hydrogen) atoms. The van der Waals surface area contributed by atoms with Crippen molar-refractivity contribution in [3.05, 3.63) is 23.4 Å². The van der Waals surface area contributed by atoms with Crippen LogP contribution in [0.25, 0.3) is 0 Å². The van der Waals surface area contributed by atoms with E-state index in [1.807, 2.05) is 12.3 Å². The van der Waals surface area contributed by atoms with Crippen molar-refractivity contribution in [2.45, 2.75) is 31.7 Å². The molecule has 108 valence electrons. The number of nitrogens with one attached hydrogen (secondary N) is 1. The van der Waals surface area contributed by atoms with Gasteiger partial charge in [-0.15, -0.1) is 0 Å². The lowest BCUT2D eigenvalue weighted by atomic mass is 9.88. The molecule has 0 aromatic heterocycles. The molecule has 2 aliphatic heterocycles. The third-order valence-electron chi connectivity index (χ3n) is 3.64. The highest BCUT2D eigenvalue weighted by atomic mass is 16.4. The van der Waals surface area contributed by atoms with E-state index >= 15 is 0 Å². The molecule has 0 aromatic rings. The first-order valence-corrected chi connectivity index (χ1v) is 6.65. The van der Waals surface area contributed by atoms with Crippen molar-refractivity contribution in [2.24, 2.45) is 0 Å². The number of allylic oxidation sites excluding steroid dienone is 2. The molecule has 0 bridgehead atoms. The Morgan fingerprint density at radius 3 is 2.55 bits per heavy atom. The Balaban J connectivity index is 2.29. The summed E-state index contributed by atoms with van der Waals surface area (Å²) in [6.07, 6.45) is 7.81. The van der Waals surface area contributed by atoms with Gasteiger partial charge < -0.3 is 15.5 Å². The fourth-order valence-electron chi connectivity index (χ4n) is 2.47. The van der Waals surface area contributed by atoms with Crippen molar-refractivity contribution in [1.82, 2.24) is 5.32 Å². The van der Waals surface area contributed by atoms with Crippen LogP contribution in [0.1, 0.15) is 26.2 Å². The van der Waals surface area contributed by atoms with Crippen LogP contribution in [0.4, 0.5) is 0 Å². The summed E-state index contributed by atoms with van der Waals surface area (Å²) >= 11 is 0. The summed E-state index contributed by atoms with van der Waals surface area (Å²) in [6.45, 7) is 3.48. The Bertz CT molecular complexity index is 525. The zero-order chi connectivity index (χ0) is 14.8. The van der Waals surface area contributed by atoms with E-state index in [0.29, 0.717) is 5.57 Å². The van der Waals surface area contributed by atoms with Crippen LogP contribution in [0.5, 0.6) is 0 Å². The second kappa shape index (κ2) is 5.48. The molecule has 1 atom stereocenters. The van der Waals surface area contributed by atoms with E-state index in [4.69, 9.17) is 5.11 Å². The van der Waals surface area contributed by atoms with Gasteiger partial charge in [0.25, 0.3) is 0 Å². The average molecular weight is 279 g/mol. The van der Waals surface area contributed by atoms with Crippen LogP contribution in [-0.4, -0.2) is 51.6 Å². The van der Waals surface area contributed by atoms with Crippen LogP contribution >= 0.6 is 0 Å². The normalized spacial score (nSPS) is 27.9. The molecule has 3 N–H and O–H groups in total. The molecule has 6 nitrogen and oxygen atoms in total. The second-order valence-electron chi connectivity index (χ2n) is 5.44. The van der Waals surface area contributed by atoms with Gasteiger partial charge in [0, 0.05) is 25.3 Å². The predicted octanol–water partition coefficient (Wildman–Crippen LogP) is 0.595. The van der Waals surface area contributed by atoms with Gasteiger partial charge in [0.1, 0.15) is 24.3 Å². The van der Waals surface area contributed by atoms with Crippen molar-refractivity contribution >= 4 is 18.2 Å². The Kier molecular flexibility index (Phi) is 3.92. The maximum absolute atomic E-state index is 11.3. The van der Waals surface area contributed by atoms with Gasteiger partial charge in [0.2, 0.25) is 0 Å². The molecule has 0 amide bonds. The molecule has 0 unspecified atom stereocenters. The van der Waals surface area contributed by atoms with Crippen LogP contribution < -0.4 is 5.32 Å². The highest BCUT2D eigenvalue weighted by Crippen LogP contribution is 2.25. The van der Waals surface area contributed by atoms with Crippen molar-refractivity contribution in [2.75, 3.05) is 13.1 Å². The molecule has 1 fully saturated rings. The number of hydrogen-bond acceptors (Lipinski definition) is 3. The summed E-state index contributed by atoms with van der Waals surface area (Å²) in [6, 6.07) is 0. The third-order valence-corrected chi connectivity index (χ3v) is 3.64. The van der Waals surface area contributed by atoms with Crippen molar-refractivity contribution < 1.29 is 24.4 Å². The number of carbonyl (C=O) groups is 2. The maximum atomic E-state index is 11.3. The van der Waals surface area contributed by atoms with E-state index in [1.165, 1.54) is 13.0 Å². The van der Waals surface area contributed by atoms with E-state index in [-0.39, 0.29) is 12.1 Å². The van der Waals surface area contributed by atoms with Gasteiger partial charge in [-0.3, -0.25) is 0 Å². The third kappa shape index (κ3) is 3.07. The number of aliphatic carboxylic acids is 2. The molecular weight excluding hydrogens is 260 g/mol. The predicted molar refractivity (Wildman–Crippen MR) is 72.9 cm³/mol. The van der Waals surface area contributed by atoms with Crippen molar-refractivity contribution in [1.29, 1.82) is 0 Å².